The van der Waals surface area contributed by atoms with E-state index in [-0.39, 0.29) is 0 Å². The quantitative estimate of drug-likeness (QED) is 0.437. The van der Waals surface area contributed by atoms with Crippen molar-refractivity contribution in [2.45, 2.75) is 40.5 Å². The number of aliphatic imine (C=N–C) groups is 1. The predicted octanol–water partition coefficient (Wildman–Crippen LogP) is 3.57. The van der Waals surface area contributed by atoms with Crippen LogP contribution < -0.4 is 0 Å². The normalized spacial score (nSPS) is 18.3. The summed E-state index contributed by atoms with van der Waals surface area (Å²) in [5.74, 6) is 2.51. The molecule has 1 heterocycles. The van der Waals surface area contributed by atoms with Crippen LogP contribution in [0.5, 0.6) is 0 Å². The van der Waals surface area contributed by atoms with E-state index in [2.05, 4.69) is 37.4 Å². The van der Waals surface area contributed by atoms with Gasteiger partial charge >= 0.3 is 0 Å². The van der Waals surface area contributed by atoms with Crippen molar-refractivity contribution in [3.63, 3.8) is 0 Å². The van der Waals surface area contributed by atoms with Crippen LogP contribution in [0.3, 0.4) is 0 Å². The van der Waals surface area contributed by atoms with Crippen molar-refractivity contribution >= 4 is 5.90 Å². The molecular formula is C15H30N2O. The Labute approximate surface area is 113 Å². The topological polar surface area (TPSA) is 24.8 Å². The average Bonchev–Trinajstić information content (AvgIpc) is 2.39. The van der Waals surface area contributed by atoms with Gasteiger partial charge in [0.15, 0.2) is 5.90 Å². The molecule has 0 aromatic rings. The first-order valence-corrected chi connectivity index (χ1v) is 7.06. The van der Waals surface area contributed by atoms with E-state index in [1.54, 1.807) is 7.05 Å². The van der Waals surface area contributed by atoms with Crippen LogP contribution in [-0.2, 0) is 4.74 Å². The smallest absolute Gasteiger partial charge is 0.192 e. The number of hydrogen-bond acceptors (Lipinski definition) is 3. The second-order valence-electron chi connectivity index (χ2n) is 4.86. The van der Waals surface area contributed by atoms with E-state index in [1.165, 1.54) is 0 Å². The number of piperidine rings is 1. The summed E-state index contributed by atoms with van der Waals surface area (Å²) in [5, 5.41) is 0. The van der Waals surface area contributed by atoms with Crippen molar-refractivity contribution in [2.24, 2.45) is 16.8 Å². The zero-order valence-corrected chi connectivity index (χ0v) is 13.0. The second kappa shape index (κ2) is 9.15. The van der Waals surface area contributed by atoms with E-state index in [0.29, 0.717) is 11.8 Å². The van der Waals surface area contributed by atoms with Gasteiger partial charge < -0.3 is 9.64 Å². The van der Waals surface area contributed by atoms with Gasteiger partial charge in [0.25, 0.3) is 0 Å². The lowest BCUT2D eigenvalue weighted by atomic mass is 9.97. The number of rotatable bonds is 3. The molecule has 0 unspecified atom stereocenters. The Bertz CT molecular complexity index is 264. The van der Waals surface area contributed by atoms with E-state index in [0.717, 1.165) is 37.6 Å². The summed E-state index contributed by atoms with van der Waals surface area (Å²) in [4.78, 5) is 6.62. The molecule has 1 fully saturated rings. The van der Waals surface area contributed by atoms with E-state index in [1.807, 2.05) is 13.8 Å². The standard InChI is InChI=1S/C13H24N2O.C2H6/c1-10(2)11(3)16-13(14-4)12-6-8-15(5)9-7-12;1-2/h10,12H,3,6-9H2,1-2,4-5H3;1-2H3. The van der Waals surface area contributed by atoms with E-state index >= 15 is 0 Å². The third kappa shape index (κ3) is 5.67. The molecule has 0 aliphatic carbocycles. The second-order valence-corrected chi connectivity index (χ2v) is 4.86. The Morgan fingerprint density at radius 3 is 2.17 bits per heavy atom. The summed E-state index contributed by atoms with van der Waals surface area (Å²) in [7, 11) is 3.97. The minimum absolute atomic E-state index is 0.350. The van der Waals surface area contributed by atoms with Crippen LogP contribution in [0.25, 0.3) is 0 Å². The summed E-state index contributed by atoms with van der Waals surface area (Å²) >= 11 is 0. The first-order chi connectivity index (χ1) is 8.54. The molecule has 1 aliphatic heterocycles. The maximum Gasteiger partial charge on any atom is 0.192 e. The SMILES string of the molecule is C=C(OC(=NC)C1CCN(C)CC1)C(C)C.CC. The summed E-state index contributed by atoms with van der Waals surface area (Å²) in [6.45, 7) is 14.4. The lowest BCUT2D eigenvalue weighted by molar-refractivity contribution is 0.228. The predicted molar refractivity (Wildman–Crippen MR) is 80.0 cm³/mol. The molecule has 106 valence electrons. The first-order valence-electron chi connectivity index (χ1n) is 7.06. The molecule has 0 aromatic carbocycles. The van der Waals surface area contributed by atoms with E-state index in [9.17, 15) is 0 Å². The summed E-state index contributed by atoms with van der Waals surface area (Å²) < 4.78 is 5.77. The zero-order valence-electron chi connectivity index (χ0n) is 13.0. The average molecular weight is 254 g/mol. The fraction of sp³-hybridized carbons (Fsp3) is 0.800. The third-order valence-corrected chi connectivity index (χ3v) is 3.17. The van der Waals surface area contributed by atoms with Crippen molar-refractivity contribution in [1.82, 2.24) is 4.90 Å². The Hall–Kier alpha value is -0.830. The molecule has 1 aliphatic rings. The van der Waals surface area contributed by atoms with Gasteiger partial charge in [0.05, 0.1) is 0 Å². The van der Waals surface area contributed by atoms with Crippen LogP contribution in [0.4, 0.5) is 0 Å². The zero-order chi connectivity index (χ0) is 14.1. The van der Waals surface area contributed by atoms with Crippen LogP contribution >= 0.6 is 0 Å². The molecule has 0 N–H and O–H groups in total. The monoisotopic (exact) mass is 254 g/mol. The molecule has 3 heteroatoms. The highest BCUT2D eigenvalue weighted by molar-refractivity contribution is 5.79. The highest BCUT2D eigenvalue weighted by Gasteiger charge is 2.23. The summed E-state index contributed by atoms with van der Waals surface area (Å²) in [5.41, 5.74) is 0. The maximum absolute atomic E-state index is 5.77. The molecule has 0 bridgehead atoms. The number of ether oxygens (including phenoxy) is 1. The fourth-order valence-electron chi connectivity index (χ4n) is 1.82. The molecule has 0 radical (unpaired) electrons. The molecule has 0 atom stereocenters. The van der Waals surface area contributed by atoms with Gasteiger partial charge in [-0.25, -0.2) is 0 Å². The molecule has 0 spiro atoms. The minimum atomic E-state index is 0.350. The molecule has 0 amide bonds. The van der Waals surface area contributed by atoms with Crippen molar-refractivity contribution < 1.29 is 4.74 Å². The molecule has 0 aromatic heterocycles. The summed E-state index contributed by atoms with van der Waals surface area (Å²) in [6.07, 6.45) is 2.27. The minimum Gasteiger partial charge on any atom is -0.448 e. The van der Waals surface area contributed by atoms with Gasteiger partial charge in [-0.15, -0.1) is 0 Å². The van der Waals surface area contributed by atoms with E-state index in [4.69, 9.17) is 4.74 Å². The summed E-state index contributed by atoms with van der Waals surface area (Å²) in [6, 6.07) is 0. The van der Waals surface area contributed by atoms with Gasteiger partial charge in [-0.2, -0.15) is 0 Å². The van der Waals surface area contributed by atoms with Crippen LogP contribution in [-0.4, -0.2) is 38.0 Å². The Morgan fingerprint density at radius 1 is 1.28 bits per heavy atom. The van der Waals surface area contributed by atoms with Gasteiger partial charge in [-0.05, 0) is 33.0 Å². The van der Waals surface area contributed by atoms with Crippen LogP contribution in [0.15, 0.2) is 17.3 Å². The van der Waals surface area contributed by atoms with Crippen molar-refractivity contribution in [3.8, 4) is 0 Å². The Balaban J connectivity index is 0.00000137. The van der Waals surface area contributed by atoms with Gasteiger partial charge in [0, 0.05) is 18.9 Å². The Morgan fingerprint density at radius 2 is 1.78 bits per heavy atom. The van der Waals surface area contributed by atoms with Gasteiger partial charge in [0.1, 0.15) is 5.76 Å². The maximum atomic E-state index is 5.77. The largest absolute Gasteiger partial charge is 0.448 e. The van der Waals surface area contributed by atoms with Gasteiger partial charge in [0.2, 0.25) is 0 Å². The van der Waals surface area contributed by atoms with Gasteiger partial charge in [-0.3, -0.25) is 4.99 Å². The number of allylic oxidation sites excluding steroid dienone is 1. The molecule has 1 saturated heterocycles. The number of hydrogen-bond donors (Lipinski definition) is 0. The van der Waals surface area contributed by atoms with Gasteiger partial charge in [-0.1, -0.05) is 34.3 Å². The van der Waals surface area contributed by atoms with Crippen molar-refractivity contribution in [2.75, 3.05) is 27.2 Å². The highest BCUT2D eigenvalue weighted by atomic mass is 16.5. The lowest BCUT2D eigenvalue weighted by Gasteiger charge is -2.29. The lowest BCUT2D eigenvalue weighted by Crippen LogP contribution is -2.34. The molecule has 1 rings (SSSR count). The van der Waals surface area contributed by atoms with Crippen molar-refractivity contribution in [3.05, 3.63) is 12.3 Å². The van der Waals surface area contributed by atoms with Crippen molar-refractivity contribution in [1.29, 1.82) is 0 Å². The fourth-order valence-corrected chi connectivity index (χ4v) is 1.82. The first kappa shape index (κ1) is 17.2. The number of nitrogens with zero attached hydrogens (tertiary/aromatic N) is 2. The molecule has 0 saturated carbocycles. The molecule has 3 nitrogen and oxygen atoms in total. The molecular weight excluding hydrogens is 224 g/mol. The highest BCUT2D eigenvalue weighted by Crippen LogP contribution is 2.21. The van der Waals surface area contributed by atoms with E-state index < -0.39 is 0 Å². The number of likely N-dealkylation sites (tertiary alicyclic amines) is 1. The van der Waals surface area contributed by atoms with Crippen LogP contribution in [0.2, 0.25) is 0 Å². The molecule has 18 heavy (non-hydrogen) atoms. The third-order valence-electron chi connectivity index (χ3n) is 3.17. The Kier molecular flexibility index (Phi) is 8.73. The van der Waals surface area contributed by atoms with Crippen LogP contribution in [0.1, 0.15) is 40.5 Å². The van der Waals surface area contributed by atoms with Crippen LogP contribution in [0, 0.1) is 11.8 Å².